The average Bonchev–Trinajstić information content (AvgIpc) is 3.16. The van der Waals surface area contributed by atoms with Gasteiger partial charge in [-0.25, -0.2) is 4.39 Å². The van der Waals surface area contributed by atoms with Crippen LogP contribution in [0, 0.1) is 0 Å². The van der Waals surface area contributed by atoms with E-state index in [4.69, 9.17) is 9.47 Å². The molecule has 0 aliphatic carbocycles. The summed E-state index contributed by atoms with van der Waals surface area (Å²) < 4.78 is 24.9. The van der Waals surface area contributed by atoms with Gasteiger partial charge in [0.05, 0.1) is 6.54 Å². The number of carbonyl (C=O) groups is 1. The van der Waals surface area contributed by atoms with Gasteiger partial charge in [-0.15, -0.1) is 0 Å². The maximum Gasteiger partial charge on any atom is 0.277 e. The number of amides is 1. The van der Waals surface area contributed by atoms with E-state index in [1.54, 1.807) is 33.8 Å². The van der Waals surface area contributed by atoms with Gasteiger partial charge < -0.3 is 9.47 Å². The first-order valence-electron chi connectivity index (χ1n) is 8.97. The Morgan fingerprint density at radius 3 is 2.71 bits per heavy atom. The van der Waals surface area contributed by atoms with Crippen molar-refractivity contribution in [2.24, 2.45) is 0 Å². The summed E-state index contributed by atoms with van der Waals surface area (Å²) in [5.41, 5.74) is 1.16. The lowest BCUT2D eigenvalue weighted by atomic mass is 10.2. The predicted octanol–water partition coefficient (Wildman–Crippen LogP) is 2.87. The first kappa shape index (κ1) is 18.0. The maximum atomic E-state index is 12.9. The number of carbonyl (C=O) groups excluding carboxylic acids is 1. The van der Waals surface area contributed by atoms with Crippen molar-refractivity contribution in [3.63, 3.8) is 0 Å². The molecule has 1 aliphatic rings. The normalized spacial score (nSPS) is 13.3. The lowest BCUT2D eigenvalue weighted by Gasteiger charge is -2.26. The van der Waals surface area contributed by atoms with E-state index >= 15 is 0 Å². The quantitative estimate of drug-likeness (QED) is 0.629. The smallest absolute Gasteiger partial charge is 0.277 e. The second-order valence-corrected chi connectivity index (χ2v) is 6.17. The number of rotatable bonds is 7. The van der Waals surface area contributed by atoms with Gasteiger partial charge in [0.25, 0.3) is 5.91 Å². The van der Waals surface area contributed by atoms with Crippen molar-refractivity contribution < 1.29 is 18.7 Å². The van der Waals surface area contributed by atoms with Crippen molar-refractivity contribution in [2.45, 2.75) is 13.2 Å². The molecule has 0 saturated carbocycles. The first-order valence-corrected chi connectivity index (χ1v) is 8.97. The Kier molecular flexibility index (Phi) is 5.18. The van der Waals surface area contributed by atoms with Gasteiger partial charge in [-0.2, -0.15) is 10.1 Å². The molecular formula is C20H19FN4O3. The Labute approximate surface area is 161 Å². The molecule has 7 nitrogen and oxygen atoms in total. The zero-order valence-corrected chi connectivity index (χ0v) is 15.1. The third kappa shape index (κ3) is 3.80. The van der Waals surface area contributed by atoms with E-state index in [2.05, 4.69) is 10.1 Å². The number of alkyl halides is 1. The summed E-state index contributed by atoms with van der Waals surface area (Å²) in [6.07, 6.45) is 0. The van der Waals surface area contributed by atoms with Crippen LogP contribution in [0.15, 0.2) is 54.6 Å². The number of halogens is 1. The van der Waals surface area contributed by atoms with Crippen LogP contribution in [0.3, 0.4) is 0 Å². The number of benzene rings is 1. The van der Waals surface area contributed by atoms with Gasteiger partial charge in [-0.3, -0.25) is 14.4 Å². The Bertz CT molecular complexity index is 961. The number of hydrogen-bond acceptors (Lipinski definition) is 5. The molecule has 0 N–H and O–H groups in total. The van der Waals surface area contributed by atoms with Crippen LogP contribution in [0.4, 0.5) is 10.2 Å². The van der Waals surface area contributed by atoms with Crippen LogP contribution < -0.4 is 14.4 Å². The van der Waals surface area contributed by atoms with Gasteiger partial charge in [0, 0.05) is 12.6 Å². The maximum absolute atomic E-state index is 12.9. The number of anilines is 1. The molecule has 8 heteroatoms. The predicted molar refractivity (Wildman–Crippen MR) is 100 cm³/mol. The molecule has 0 saturated heterocycles. The van der Waals surface area contributed by atoms with Crippen LogP contribution in [0.1, 0.15) is 16.2 Å². The molecule has 0 unspecified atom stereocenters. The number of aromatic nitrogens is 3. The molecule has 3 aromatic rings. The Hall–Kier alpha value is -3.42. The molecule has 4 rings (SSSR count). The fourth-order valence-electron chi connectivity index (χ4n) is 2.99. The van der Waals surface area contributed by atoms with E-state index < -0.39 is 6.67 Å². The van der Waals surface area contributed by atoms with Crippen molar-refractivity contribution in [1.82, 2.24) is 14.8 Å². The monoisotopic (exact) mass is 382 g/mol. The first-order chi connectivity index (χ1) is 13.7. The van der Waals surface area contributed by atoms with E-state index in [0.29, 0.717) is 36.2 Å². The van der Waals surface area contributed by atoms with E-state index in [1.807, 2.05) is 30.3 Å². The third-order valence-electron chi connectivity index (χ3n) is 4.27. The molecule has 1 aromatic carbocycles. The minimum absolute atomic E-state index is 0.0675. The largest absolute Gasteiger partial charge is 0.487 e. The number of fused-ring (bicyclic) bond motifs is 1. The molecule has 0 bridgehead atoms. The van der Waals surface area contributed by atoms with Crippen molar-refractivity contribution in [3.8, 4) is 11.6 Å². The highest BCUT2D eigenvalue weighted by Crippen LogP contribution is 2.22. The molecular weight excluding hydrogens is 363 g/mol. The Balaban J connectivity index is 1.48. The van der Waals surface area contributed by atoms with Crippen molar-refractivity contribution >= 4 is 11.7 Å². The van der Waals surface area contributed by atoms with Crippen molar-refractivity contribution in [2.75, 3.05) is 24.7 Å². The van der Waals surface area contributed by atoms with E-state index in [-0.39, 0.29) is 19.1 Å². The van der Waals surface area contributed by atoms with Crippen LogP contribution in [0.25, 0.3) is 0 Å². The summed E-state index contributed by atoms with van der Waals surface area (Å²) >= 11 is 0. The standard InChI is InChI=1S/C20H19FN4O3/c21-9-12-27-19-8-4-7-18(22-19)24-10-11-25-17(20(24)26)13-15(23-25)14-28-16-5-2-1-3-6-16/h1-8,13H,9-12,14H2. The molecule has 2 aromatic heterocycles. The fraction of sp³-hybridized carbons (Fsp3) is 0.250. The number of para-hydroxylation sites is 1. The topological polar surface area (TPSA) is 69.5 Å². The lowest BCUT2D eigenvalue weighted by molar-refractivity contribution is 0.0961. The van der Waals surface area contributed by atoms with Gasteiger partial charge in [-0.05, 0) is 24.3 Å². The van der Waals surface area contributed by atoms with Crippen LogP contribution in [-0.4, -0.2) is 40.5 Å². The molecule has 0 spiro atoms. The van der Waals surface area contributed by atoms with Crippen LogP contribution in [0.5, 0.6) is 11.6 Å². The van der Waals surface area contributed by atoms with Gasteiger partial charge in [0.15, 0.2) is 0 Å². The van der Waals surface area contributed by atoms with Gasteiger partial charge in [0.2, 0.25) is 5.88 Å². The Morgan fingerprint density at radius 1 is 1.04 bits per heavy atom. The van der Waals surface area contributed by atoms with Crippen molar-refractivity contribution in [1.29, 1.82) is 0 Å². The number of nitrogens with zero attached hydrogens (tertiary/aromatic N) is 4. The summed E-state index contributed by atoms with van der Waals surface area (Å²) in [6, 6.07) is 16.3. The molecule has 0 fully saturated rings. The molecule has 0 atom stereocenters. The Morgan fingerprint density at radius 2 is 1.89 bits per heavy atom. The zero-order valence-electron chi connectivity index (χ0n) is 15.1. The summed E-state index contributed by atoms with van der Waals surface area (Å²) in [5.74, 6) is 1.31. The van der Waals surface area contributed by atoms with Gasteiger partial charge >= 0.3 is 0 Å². The summed E-state index contributed by atoms with van der Waals surface area (Å²) in [6.45, 7) is 0.599. The second-order valence-electron chi connectivity index (χ2n) is 6.17. The lowest BCUT2D eigenvalue weighted by Crippen LogP contribution is -2.40. The summed E-state index contributed by atoms with van der Waals surface area (Å²) in [5, 5.41) is 4.46. The van der Waals surface area contributed by atoms with Crippen molar-refractivity contribution in [3.05, 3.63) is 66.0 Å². The SMILES string of the molecule is O=C1c2cc(COc3ccccc3)nn2CCN1c1cccc(OCCF)n1. The van der Waals surface area contributed by atoms with E-state index in [1.165, 1.54) is 0 Å². The highest BCUT2D eigenvalue weighted by molar-refractivity contribution is 6.05. The number of hydrogen-bond donors (Lipinski definition) is 0. The van der Waals surface area contributed by atoms with Crippen LogP contribution >= 0.6 is 0 Å². The number of ether oxygens (including phenoxy) is 2. The molecule has 144 valence electrons. The van der Waals surface area contributed by atoms with E-state index in [9.17, 15) is 9.18 Å². The molecule has 1 aliphatic heterocycles. The van der Waals surface area contributed by atoms with Gasteiger partial charge in [0.1, 0.15) is 42.8 Å². The molecule has 28 heavy (non-hydrogen) atoms. The molecule has 1 amide bonds. The zero-order chi connectivity index (χ0) is 19.3. The van der Waals surface area contributed by atoms with Crippen LogP contribution in [0.2, 0.25) is 0 Å². The van der Waals surface area contributed by atoms with E-state index in [0.717, 1.165) is 5.75 Å². The fourth-order valence-corrected chi connectivity index (χ4v) is 2.99. The molecule has 0 radical (unpaired) electrons. The summed E-state index contributed by atoms with van der Waals surface area (Å²) in [7, 11) is 0. The minimum atomic E-state index is -0.596. The average molecular weight is 382 g/mol. The highest BCUT2D eigenvalue weighted by Gasteiger charge is 2.28. The third-order valence-corrected chi connectivity index (χ3v) is 4.27. The number of pyridine rings is 1. The minimum Gasteiger partial charge on any atom is -0.487 e. The summed E-state index contributed by atoms with van der Waals surface area (Å²) in [4.78, 5) is 18.8. The highest BCUT2D eigenvalue weighted by atomic mass is 19.1. The second kappa shape index (κ2) is 8.08. The van der Waals surface area contributed by atoms with Gasteiger partial charge in [-0.1, -0.05) is 24.3 Å². The van der Waals surface area contributed by atoms with Crippen LogP contribution in [-0.2, 0) is 13.2 Å². The molecule has 3 heterocycles.